The first-order chi connectivity index (χ1) is 16.3. The summed E-state index contributed by atoms with van der Waals surface area (Å²) in [7, 11) is 0. The highest BCUT2D eigenvalue weighted by atomic mass is 35.5. The van der Waals surface area contributed by atoms with E-state index in [1.807, 2.05) is 69.3 Å². The monoisotopic (exact) mass is 473 g/mol. The van der Waals surface area contributed by atoms with Gasteiger partial charge < -0.3 is 10.1 Å². The van der Waals surface area contributed by atoms with Crippen molar-refractivity contribution in [2.24, 2.45) is 0 Å². The molecule has 4 aromatic rings. The van der Waals surface area contributed by atoms with Gasteiger partial charge in [0.2, 0.25) is 0 Å². The lowest BCUT2D eigenvalue weighted by Gasteiger charge is -2.19. The minimum absolute atomic E-state index is 0.195. The van der Waals surface area contributed by atoms with E-state index in [2.05, 4.69) is 29.6 Å². The van der Waals surface area contributed by atoms with Gasteiger partial charge in [-0.25, -0.2) is 9.97 Å². The summed E-state index contributed by atoms with van der Waals surface area (Å²) in [5.74, 6) is 1.16. The lowest BCUT2D eigenvalue weighted by molar-refractivity contribution is -0.154. The maximum Gasteiger partial charge on any atom is 0.306 e. The van der Waals surface area contributed by atoms with Crippen LogP contribution in [0.3, 0.4) is 0 Å². The minimum atomic E-state index is -0.472. The topological polar surface area (TPSA) is 64.1 Å². The van der Waals surface area contributed by atoms with Gasteiger partial charge in [0.15, 0.2) is 5.82 Å². The van der Waals surface area contributed by atoms with Crippen molar-refractivity contribution in [3.05, 3.63) is 77.1 Å². The summed E-state index contributed by atoms with van der Waals surface area (Å²) in [4.78, 5) is 21.6. The number of carbonyl (C=O) groups excluding carboxylic acids is 1. The van der Waals surface area contributed by atoms with Crippen LogP contribution >= 0.6 is 11.6 Å². The first-order valence-electron chi connectivity index (χ1n) is 11.4. The van der Waals surface area contributed by atoms with Gasteiger partial charge in [0, 0.05) is 23.4 Å². The molecule has 0 bridgehead atoms. The van der Waals surface area contributed by atoms with Gasteiger partial charge in [0.25, 0.3) is 0 Å². The van der Waals surface area contributed by atoms with E-state index < -0.39 is 5.60 Å². The molecule has 0 saturated carbocycles. The first kappa shape index (κ1) is 23.7. The van der Waals surface area contributed by atoms with E-state index in [1.165, 1.54) is 0 Å². The highest BCUT2D eigenvalue weighted by Crippen LogP contribution is 2.27. The third-order valence-electron chi connectivity index (χ3n) is 5.15. The Morgan fingerprint density at radius 3 is 2.41 bits per heavy atom. The maximum absolute atomic E-state index is 12.0. The van der Waals surface area contributed by atoms with Gasteiger partial charge in [-0.05, 0) is 73.9 Å². The predicted octanol–water partition coefficient (Wildman–Crippen LogP) is 7.14. The molecule has 0 radical (unpaired) electrons. The van der Waals surface area contributed by atoms with Crippen LogP contribution in [0.1, 0.15) is 45.0 Å². The molecule has 0 aliphatic heterocycles. The summed E-state index contributed by atoms with van der Waals surface area (Å²) in [6.07, 6.45) is 4.85. The quantitative estimate of drug-likeness (QED) is 0.175. The van der Waals surface area contributed by atoms with Gasteiger partial charge in [-0.15, -0.1) is 0 Å². The van der Waals surface area contributed by atoms with Gasteiger partial charge in [0.05, 0.1) is 5.52 Å². The summed E-state index contributed by atoms with van der Waals surface area (Å²) < 4.78 is 5.40. The summed E-state index contributed by atoms with van der Waals surface area (Å²) in [6.45, 7) is 6.22. The fourth-order valence-electron chi connectivity index (χ4n) is 3.62. The zero-order valence-electron chi connectivity index (χ0n) is 19.6. The molecule has 0 aliphatic rings. The molecule has 0 unspecified atom stereocenters. The molecule has 1 aromatic heterocycles. The van der Waals surface area contributed by atoms with Crippen molar-refractivity contribution >= 4 is 57.2 Å². The highest BCUT2D eigenvalue weighted by Gasteiger charge is 2.16. The summed E-state index contributed by atoms with van der Waals surface area (Å²) in [5, 5.41) is 7.30. The number of hydrogen-bond donors (Lipinski definition) is 1. The Bertz CT molecular complexity index is 1340. The molecule has 1 N–H and O–H groups in total. The van der Waals surface area contributed by atoms with Crippen molar-refractivity contribution in [2.45, 2.75) is 39.2 Å². The predicted molar refractivity (Wildman–Crippen MR) is 141 cm³/mol. The van der Waals surface area contributed by atoms with Crippen LogP contribution in [0.2, 0.25) is 5.02 Å². The van der Waals surface area contributed by atoms with Crippen LogP contribution in [-0.2, 0) is 9.53 Å². The third kappa shape index (κ3) is 6.33. The van der Waals surface area contributed by atoms with E-state index in [0.29, 0.717) is 30.2 Å². The zero-order chi connectivity index (χ0) is 24.1. The summed E-state index contributed by atoms with van der Waals surface area (Å²) in [5.41, 5.74) is 1.40. The number of nitrogens with zero attached hydrogens (tertiary/aromatic N) is 2. The number of ether oxygens (including phenoxy) is 1. The highest BCUT2D eigenvalue weighted by molar-refractivity contribution is 6.30. The fraction of sp³-hybridized carbons (Fsp3) is 0.250. The SMILES string of the molecule is CC(C)(C)OC(=O)CCCNc1nc(/C=C/c2ccc(Cl)cc2)nc2cc3ccccc3cc12. The van der Waals surface area contributed by atoms with Gasteiger partial charge >= 0.3 is 5.97 Å². The van der Waals surface area contributed by atoms with E-state index in [-0.39, 0.29) is 5.97 Å². The van der Waals surface area contributed by atoms with Crippen LogP contribution in [0.15, 0.2) is 60.7 Å². The Kier molecular flexibility index (Phi) is 7.13. The molecule has 0 fully saturated rings. The van der Waals surface area contributed by atoms with Crippen LogP contribution < -0.4 is 5.32 Å². The van der Waals surface area contributed by atoms with Crippen LogP contribution in [0.25, 0.3) is 33.8 Å². The third-order valence-corrected chi connectivity index (χ3v) is 5.40. The number of aromatic nitrogens is 2. The molecule has 174 valence electrons. The molecule has 6 heteroatoms. The number of anilines is 1. The minimum Gasteiger partial charge on any atom is -0.460 e. The second kappa shape index (κ2) is 10.2. The van der Waals surface area contributed by atoms with Crippen molar-refractivity contribution in [2.75, 3.05) is 11.9 Å². The Labute approximate surface area is 204 Å². The van der Waals surface area contributed by atoms with Crippen LogP contribution in [0, 0.1) is 0 Å². The van der Waals surface area contributed by atoms with Crippen LogP contribution in [0.4, 0.5) is 5.82 Å². The zero-order valence-corrected chi connectivity index (χ0v) is 20.4. The molecule has 1 heterocycles. The Morgan fingerprint density at radius 1 is 1.00 bits per heavy atom. The average Bonchev–Trinajstić information content (AvgIpc) is 2.79. The van der Waals surface area contributed by atoms with Gasteiger partial charge in [-0.3, -0.25) is 4.79 Å². The van der Waals surface area contributed by atoms with E-state index in [1.54, 1.807) is 0 Å². The molecular formula is C28H28ClN3O2. The summed E-state index contributed by atoms with van der Waals surface area (Å²) >= 11 is 5.99. The number of benzene rings is 3. The van der Waals surface area contributed by atoms with Gasteiger partial charge in [0.1, 0.15) is 11.4 Å². The maximum atomic E-state index is 12.0. The molecule has 0 atom stereocenters. The number of hydrogen-bond acceptors (Lipinski definition) is 5. The standard InChI is InChI=1S/C28H28ClN3O2/c1-28(2,3)34-26(33)9-6-16-30-27-23-17-20-7-4-5-8-21(20)18-24(23)31-25(32-27)15-12-19-10-13-22(29)14-11-19/h4-5,7-8,10-15,17-18H,6,9,16H2,1-3H3,(H,30,31,32)/b15-12+. The van der Waals surface area contributed by atoms with Crippen LogP contribution in [0.5, 0.6) is 0 Å². The molecular weight excluding hydrogens is 446 g/mol. The molecule has 0 saturated heterocycles. The molecule has 5 nitrogen and oxygen atoms in total. The second-order valence-electron chi connectivity index (χ2n) is 9.15. The Hall–Kier alpha value is -3.44. The lowest BCUT2D eigenvalue weighted by atomic mass is 10.1. The van der Waals surface area contributed by atoms with E-state index in [9.17, 15) is 4.79 Å². The lowest BCUT2D eigenvalue weighted by Crippen LogP contribution is -2.24. The number of fused-ring (bicyclic) bond motifs is 2. The number of halogens is 1. The van der Waals surface area contributed by atoms with Crippen molar-refractivity contribution in [1.82, 2.24) is 9.97 Å². The fourth-order valence-corrected chi connectivity index (χ4v) is 3.75. The number of esters is 1. The number of rotatable bonds is 7. The second-order valence-corrected chi connectivity index (χ2v) is 9.59. The van der Waals surface area contributed by atoms with E-state index in [0.717, 1.165) is 33.1 Å². The number of carbonyl (C=O) groups is 1. The molecule has 3 aromatic carbocycles. The first-order valence-corrected chi connectivity index (χ1v) is 11.7. The van der Waals surface area contributed by atoms with Crippen molar-refractivity contribution in [1.29, 1.82) is 0 Å². The Morgan fingerprint density at radius 2 is 1.71 bits per heavy atom. The van der Waals surface area contributed by atoms with Crippen molar-refractivity contribution in [3.8, 4) is 0 Å². The largest absolute Gasteiger partial charge is 0.460 e. The van der Waals surface area contributed by atoms with Gasteiger partial charge in [-0.1, -0.05) is 54.1 Å². The molecule has 0 aliphatic carbocycles. The van der Waals surface area contributed by atoms with E-state index >= 15 is 0 Å². The molecule has 0 spiro atoms. The summed E-state index contributed by atoms with van der Waals surface area (Å²) in [6, 6.07) is 20.0. The normalized spacial score (nSPS) is 11.9. The van der Waals surface area contributed by atoms with Crippen LogP contribution in [-0.4, -0.2) is 28.1 Å². The number of nitrogens with one attached hydrogen (secondary N) is 1. The smallest absolute Gasteiger partial charge is 0.306 e. The van der Waals surface area contributed by atoms with Crippen molar-refractivity contribution in [3.63, 3.8) is 0 Å². The Balaban J connectivity index is 1.59. The van der Waals surface area contributed by atoms with E-state index in [4.69, 9.17) is 26.3 Å². The average molecular weight is 474 g/mol. The molecule has 4 rings (SSSR count). The molecule has 34 heavy (non-hydrogen) atoms. The molecule has 0 amide bonds. The van der Waals surface area contributed by atoms with Gasteiger partial charge in [-0.2, -0.15) is 0 Å². The van der Waals surface area contributed by atoms with Crippen molar-refractivity contribution < 1.29 is 9.53 Å².